The van der Waals surface area contributed by atoms with Crippen LogP contribution in [-0.4, -0.2) is 38.9 Å². The van der Waals surface area contributed by atoms with Gasteiger partial charge in [0.25, 0.3) is 0 Å². The van der Waals surface area contributed by atoms with Gasteiger partial charge in [-0.1, -0.05) is 30.3 Å². The maximum absolute atomic E-state index is 11.2. The van der Waals surface area contributed by atoms with E-state index in [1.54, 1.807) is 0 Å². The molecule has 0 heterocycles. The molecule has 0 saturated heterocycles. The van der Waals surface area contributed by atoms with Crippen LogP contribution in [0, 0.1) is 11.3 Å². The summed E-state index contributed by atoms with van der Waals surface area (Å²) in [4.78, 5) is 1.92. The highest BCUT2D eigenvalue weighted by Gasteiger charge is 2.17. The predicted octanol–water partition coefficient (Wildman–Crippen LogP) is 1.62. The number of benzene rings is 1. The topological polar surface area (TPSA) is 61.2 Å². The molecule has 0 bridgehead atoms. The molecular weight excluding hydrogens is 248 g/mol. The summed E-state index contributed by atoms with van der Waals surface area (Å²) in [5.41, 5.74) is 1.04. The van der Waals surface area contributed by atoms with Crippen molar-refractivity contribution in [2.75, 3.05) is 25.6 Å². The molecule has 0 spiro atoms. The van der Waals surface area contributed by atoms with Gasteiger partial charge in [0.15, 0.2) is 0 Å². The summed E-state index contributed by atoms with van der Waals surface area (Å²) in [6, 6.07) is 11.8. The van der Waals surface area contributed by atoms with E-state index < -0.39 is 9.84 Å². The highest BCUT2D eigenvalue weighted by Crippen LogP contribution is 2.22. The fourth-order valence-corrected chi connectivity index (χ4v) is 2.38. The van der Waals surface area contributed by atoms with Gasteiger partial charge in [-0.05, 0) is 12.6 Å². The minimum atomic E-state index is -2.97. The molecule has 98 valence electrons. The quantitative estimate of drug-likeness (QED) is 0.785. The van der Waals surface area contributed by atoms with E-state index in [0.29, 0.717) is 13.0 Å². The zero-order valence-electron chi connectivity index (χ0n) is 10.7. The third-order valence-corrected chi connectivity index (χ3v) is 3.74. The Bertz CT molecular complexity index is 506. The molecule has 0 fully saturated rings. The summed E-state index contributed by atoms with van der Waals surface area (Å²) in [5, 5.41) is 8.88. The molecule has 5 heteroatoms. The zero-order chi connectivity index (χ0) is 13.6. The van der Waals surface area contributed by atoms with E-state index in [-0.39, 0.29) is 11.8 Å². The van der Waals surface area contributed by atoms with Crippen LogP contribution < -0.4 is 0 Å². The molecule has 0 aliphatic carbocycles. The first kappa shape index (κ1) is 14.7. The molecule has 1 aromatic carbocycles. The van der Waals surface area contributed by atoms with Gasteiger partial charge >= 0.3 is 0 Å². The van der Waals surface area contributed by atoms with E-state index in [4.69, 9.17) is 5.26 Å². The van der Waals surface area contributed by atoms with Gasteiger partial charge in [0.1, 0.15) is 9.84 Å². The largest absolute Gasteiger partial charge is 0.297 e. The van der Waals surface area contributed by atoms with Crippen molar-refractivity contribution in [3.05, 3.63) is 35.9 Å². The average molecular weight is 266 g/mol. The third-order valence-electron chi connectivity index (χ3n) is 2.82. The van der Waals surface area contributed by atoms with E-state index in [0.717, 1.165) is 5.56 Å². The minimum Gasteiger partial charge on any atom is -0.297 e. The van der Waals surface area contributed by atoms with Crippen molar-refractivity contribution in [3.8, 4) is 6.07 Å². The summed E-state index contributed by atoms with van der Waals surface area (Å²) >= 11 is 0. The SMILES string of the molecule is CN(CCS(C)(=O)=O)C(CC#N)c1ccccc1. The van der Waals surface area contributed by atoms with Crippen molar-refractivity contribution in [1.29, 1.82) is 5.26 Å². The van der Waals surface area contributed by atoms with Crippen LogP contribution in [0.4, 0.5) is 0 Å². The summed E-state index contributed by atoms with van der Waals surface area (Å²) in [6.45, 7) is 0.431. The Kier molecular flexibility index (Phi) is 5.32. The van der Waals surface area contributed by atoms with Gasteiger partial charge in [-0.3, -0.25) is 4.90 Å². The molecule has 1 aromatic rings. The second-order valence-corrected chi connectivity index (χ2v) is 6.66. The first-order chi connectivity index (χ1) is 8.44. The lowest BCUT2D eigenvalue weighted by Crippen LogP contribution is -2.29. The van der Waals surface area contributed by atoms with Gasteiger partial charge in [0, 0.05) is 18.8 Å². The van der Waals surface area contributed by atoms with Crippen molar-refractivity contribution in [3.63, 3.8) is 0 Å². The Balaban J connectivity index is 2.77. The lowest BCUT2D eigenvalue weighted by Gasteiger charge is -2.26. The molecule has 4 nitrogen and oxygen atoms in total. The molecule has 0 saturated carbocycles. The first-order valence-corrected chi connectivity index (χ1v) is 7.80. The van der Waals surface area contributed by atoms with Gasteiger partial charge < -0.3 is 0 Å². The van der Waals surface area contributed by atoms with Crippen molar-refractivity contribution < 1.29 is 8.42 Å². The van der Waals surface area contributed by atoms with Crippen LogP contribution >= 0.6 is 0 Å². The Morgan fingerprint density at radius 3 is 2.44 bits per heavy atom. The summed E-state index contributed by atoms with van der Waals surface area (Å²) in [5.74, 6) is 0.109. The van der Waals surface area contributed by atoms with Crippen molar-refractivity contribution >= 4 is 9.84 Å². The lowest BCUT2D eigenvalue weighted by atomic mass is 10.0. The molecule has 0 amide bonds. The number of hydrogen-bond donors (Lipinski definition) is 0. The highest BCUT2D eigenvalue weighted by molar-refractivity contribution is 7.90. The van der Waals surface area contributed by atoms with Crippen LogP contribution in [0.3, 0.4) is 0 Å². The Hall–Kier alpha value is -1.38. The summed E-state index contributed by atoms with van der Waals surface area (Å²) in [7, 11) is -1.13. The molecule has 1 atom stereocenters. The number of rotatable bonds is 6. The van der Waals surface area contributed by atoms with Gasteiger partial charge in [0.2, 0.25) is 0 Å². The van der Waals surface area contributed by atoms with E-state index in [2.05, 4.69) is 6.07 Å². The Morgan fingerprint density at radius 1 is 1.33 bits per heavy atom. The molecule has 0 aromatic heterocycles. The van der Waals surface area contributed by atoms with E-state index in [1.165, 1.54) is 6.26 Å². The van der Waals surface area contributed by atoms with Gasteiger partial charge in [-0.2, -0.15) is 5.26 Å². The molecule has 1 rings (SSSR count). The molecule has 1 unspecified atom stereocenters. The highest BCUT2D eigenvalue weighted by atomic mass is 32.2. The Morgan fingerprint density at radius 2 is 1.94 bits per heavy atom. The van der Waals surface area contributed by atoms with Crippen LogP contribution in [0.25, 0.3) is 0 Å². The molecule has 0 N–H and O–H groups in total. The standard InChI is InChI=1S/C13H18N2O2S/c1-15(10-11-18(2,16)17)13(8-9-14)12-6-4-3-5-7-12/h3-7,13H,8,10-11H2,1-2H3. The number of nitrogens with zero attached hydrogens (tertiary/aromatic N) is 2. The first-order valence-electron chi connectivity index (χ1n) is 5.74. The minimum absolute atomic E-state index is 0.0575. The van der Waals surface area contributed by atoms with Crippen molar-refractivity contribution in [2.24, 2.45) is 0 Å². The average Bonchev–Trinajstić information content (AvgIpc) is 2.33. The smallest absolute Gasteiger partial charge is 0.148 e. The second-order valence-electron chi connectivity index (χ2n) is 4.40. The monoisotopic (exact) mass is 266 g/mol. The normalized spacial score (nSPS) is 13.2. The van der Waals surface area contributed by atoms with Gasteiger partial charge in [0.05, 0.1) is 18.2 Å². The van der Waals surface area contributed by atoms with Crippen LogP contribution in [0.5, 0.6) is 0 Å². The van der Waals surface area contributed by atoms with Crippen molar-refractivity contribution in [2.45, 2.75) is 12.5 Å². The van der Waals surface area contributed by atoms with Crippen molar-refractivity contribution in [1.82, 2.24) is 4.90 Å². The fraction of sp³-hybridized carbons (Fsp3) is 0.462. The Labute approximate surface area is 109 Å². The molecule has 0 aliphatic rings. The maximum atomic E-state index is 11.2. The molecule has 18 heavy (non-hydrogen) atoms. The zero-order valence-corrected chi connectivity index (χ0v) is 11.5. The maximum Gasteiger partial charge on any atom is 0.148 e. The lowest BCUT2D eigenvalue weighted by molar-refractivity contribution is 0.262. The number of hydrogen-bond acceptors (Lipinski definition) is 4. The second kappa shape index (κ2) is 6.53. The molecule has 0 radical (unpaired) electrons. The van der Waals surface area contributed by atoms with Gasteiger partial charge in [-0.15, -0.1) is 0 Å². The van der Waals surface area contributed by atoms with Crippen LogP contribution in [0.15, 0.2) is 30.3 Å². The van der Waals surface area contributed by atoms with Crippen LogP contribution in [0.1, 0.15) is 18.0 Å². The molecule has 0 aliphatic heterocycles. The van der Waals surface area contributed by atoms with E-state index >= 15 is 0 Å². The van der Waals surface area contributed by atoms with Crippen LogP contribution in [-0.2, 0) is 9.84 Å². The number of nitriles is 1. The third kappa shape index (κ3) is 4.86. The van der Waals surface area contributed by atoms with E-state index in [9.17, 15) is 8.42 Å². The van der Waals surface area contributed by atoms with Gasteiger partial charge in [-0.25, -0.2) is 8.42 Å². The molecular formula is C13H18N2O2S. The van der Waals surface area contributed by atoms with E-state index in [1.807, 2.05) is 42.3 Å². The number of sulfone groups is 1. The summed E-state index contributed by atoms with van der Waals surface area (Å²) < 4.78 is 22.3. The van der Waals surface area contributed by atoms with Crippen LogP contribution in [0.2, 0.25) is 0 Å². The fourth-order valence-electron chi connectivity index (χ4n) is 1.76. The predicted molar refractivity (Wildman–Crippen MR) is 71.8 cm³/mol. The summed E-state index contributed by atoms with van der Waals surface area (Å²) in [6.07, 6.45) is 1.58.